The van der Waals surface area contributed by atoms with Crippen molar-refractivity contribution in [1.29, 1.82) is 0 Å². The Hall–Kier alpha value is -2.85. The normalized spacial score (nSPS) is 27.4. The third-order valence-corrected chi connectivity index (χ3v) is 4.47. The van der Waals surface area contributed by atoms with Gasteiger partial charge < -0.3 is 40.1 Å². The van der Waals surface area contributed by atoms with E-state index in [2.05, 4.69) is 0 Å². The maximum atomic E-state index is 12.8. The summed E-state index contributed by atoms with van der Waals surface area (Å²) < 4.78 is 10.8. The molecule has 0 aromatic heterocycles. The van der Waals surface area contributed by atoms with Crippen LogP contribution in [0, 0.1) is 0 Å². The summed E-state index contributed by atoms with van der Waals surface area (Å²) in [4.78, 5) is 12.8. The number of hydrogen-bond acceptors (Lipinski definition) is 9. The van der Waals surface area contributed by atoms with Gasteiger partial charge in [-0.25, -0.2) is 0 Å². The van der Waals surface area contributed by atoms with Crippen molar-refractivity contribution in [2.75, 3.05) is 0 Å². The quantitative estimate of drug-likeness (QED) is 0.401. The van der Waals surface area contributed by atoms with E-state index >= 15 is 0 Å². The number of hydrogen-bond donors (Lipinski definition) is 6. The molecule has 0 spiro atoms. The van der Waals surface area contributed by atoms with Gasteiger partial charge in [-0.15, -0.1) is 0 Å². The van der Waals surface area contributed by atoms with Gasteiger partial charge in [0.1, 0.15) is 46.9 Å². The first kappa shape index (κ1) is 19.9. The van der Waals surface area contributed by atoms with Gasteiger partial charge in [0.2, 0.25) is 12.1 Å². The first-order chi connectivity index (χ1) is 13.2. The van der Waals surface area contributed by atoms with Gasteiger partial charge in [0.05, 0.1) is 6.10 Å². The number of benzene rings is 2. The number of phenolic OH excluding ortho intramolecular Hbond substituents is 3. The van der Waals surface area contributed by atoms with Crippen LogP contribution in [0.25, 0.3) is 0 Å². The van der Waals surface area contributed by atoms with Crippen LogP contribution < -0.4 is 4.74 Å². The van der Waals surface area contributed by atoms with Gasteiger partial charge in [0.25, 0.3) is 0 Å². The van der Waals surface area contributed by atoms with Gasteiger partial charge in [-0.2, -0.15) is 0 Å². The average molecular weight is 392 g/mol. The summed E-state index contributed by atoms with van der Waals surface area (Å²) in [6, 6.07) is 7.24. The molecule has 0 unspecified atom stereocenters. The fraction of sp³-hybridized carbons (Fsp3) is 0.316. The van der Waals surface area contributed by atoms with E-state index in [1.54, 1.807) is 0 Å². The maximum absolute atomic E-state index is 12.8. The van der Waals surface area contributed by atoms with Crippen LogP contribution in [0.15, 0.2) is 36.4 Å². The van der Waals surface area contributed by atoms with Crippen molar-refractivity contribution in [3.05, 3.63) is 47.5 Å². The number of carbonyl (C=O) groups excluding carboxylic acids is 1. The molecule has 0 aliphatic carbocycles. The predicted molar refractivity (Wildman–Crippen MR) is 94.3 cm³/mol. The van der Waals surface area contributed by atoms with E-state index in [1.165, 1.54) is 31.2 Å². The highest BCUT2D eigenvalue weighted by Crippen LogP contribution is 2.36. The summed E-state index contributed by atoms with van der Waals surface area (Å²) in [5, 5.41) is 59.1. The van der Waals surface area contributed by atoms with Crippen LogP contribution in [0.3, 0.4) is 0 Å². The van der Waals surface area contributed by atoms with E-state index in [-0.39, 0.29) is 22.6 Å². The molecule has 0 amide bonds. The second kappa shape index (κ2) is 7.64. The third-order valence-electron chi connectivity index (χ3n) is 4.47. The van der Waals surface area contributed by atoms with Crippen LogP contribution in [0.1, 0.15) is 22.8 Å². The van der Waals surface area contributed by atoms with Gasteiger partial charge in [-0.05, 0) is 31.2 Å². The minimum Gasteiger partial charge on any atom is -0.508 e. The second-order valence-corrected chi connectivity index (χ2v) is 6.51. The zero-order chi connectivity index (χ0) is 20.6. The first-order valence-electron chi connectivity index (χ1n) is 8.45. The number of rotatable bonds is 4. The number of carbonyl (C=O) groups is 1. The summed E-state index contributed by atoms with van der Waals surface area (Å²) in [5.41, 5.74) is -0.190. The first-order valence-corrected chi connectivity index (χ1v) is 8.45. The molecular formula is C19H20O9. The SMILES string of the molecule is C[C@H]1O[C@H](Oc2cc(O)cc(O)c2C(=O)c2ccc(O)cc2)[C@H](O)[C@@H](O)[C@@H]1O. The molecule has 5 atom stereocenters. The van der Waals surface area contributed by atoms with E-state index < -0.39 is 48.0 Å². The van der Waals surface area contributed by atoms with Crippen molar-refractivity contribution in [3.63, 3.8) is 0 Å². The van der Waals surface area contributed by atoms with Crippen LogP contribution in [-0.4, -0.2) is 67.1 Å². The average Bonchev–Trinajstić information content (AvgIpc) is 2.64. The summed E-state index contributed by atoms with van der Waals surface area (Å²) >= 11 is 0. The molecule has 3 rings (SSSR count). The molecule has 1 fully saturated rings. The lowest BCUT2D eigenvalue weighted by molar-refractivity contribution is -0.268. The summed E-state index contributed by atoms with van der Waals surface area (Å²) in [6.45, 7) is 1.46. The van der Waals surface area contributed by atoms with E-state index in [9.17, 15) is 35.4 Å². The Morgan fingerprint density at radius 2 is 1.57 bits per heavy atom. The lowest BCUT2D eigenvalue weighted by Crippen LogP contribution is -2.58. The molecular weight excluding hydrogens is 372 g/mol. The van der Waals surface area contributed by atoms with Crippen LogP contribution in [0.2, 0.25) is 0 Å². The Morgan fingerprint density at radius 1 is 0.929 bits per heavy atom. The predicted octanol–water partition coefficient (Wildman–Crippen LogP) is 0.241. The fourth-order valence-electron chi connectivity index (χ4n) is 2.90. The Bertz CT molecular complexity index is 864. The van der Waals surface area contributed by atoms with Crippen molar-refractivity contribution in [2.45, 2.75) is 37.6 Å². The number of aliphatic hydroxyl groups excluding tert-OH is 3. The molecule has 0 bridgehead atoms. The molecule has 9 nitrogen and oxygen atoms in total. The zero-order valence-electron chi connectivity index (χ0n) is 14.8. The van der Waals surface area contributed by atoms with Crippen LogP contribution in [0.4, 0.5) is 0 Å². The monoisotopic (exact) mass is 392 g/mol. The molecule has 1 saturated heterocycles. The highest BCUT2D eigenvalue weighted by Gasteiger charge is 2.43. The lowest BCUT2D eigenvalue weighted by atomic mass is 9.99. The number of aliphatic hydroxyl groups is 3. The van der Waals surface area contributed by atoms with Crippen LogP contribution in [-0.2, 0) is 4.74 Å². The summed E-state index contributed by atoms with van der Waals surface area (Å²) in [7, 11) is 0. The third kappa shape index (κ3) is 3.73. The van der Waals surface area contributed by atoms with Crippen molar-refractivity contribution in [2.24, 2.45) is 0 Å². The Labute approximate surface area is 159 Å². The topological polar surface area (TPSA) is 157 Å². The Balaban J connectivity index is 1.97. The zero-order valence-corrected chi connectivity index (χ0v) is 14.8. The number of ether oxygens (including phenoxy) is 2. The number of ketones is 1. The standard InChI is InChI=1S/C19H20O9/c1-8-15(23)17(25)18(26)19(27-8)28-13-7-11(21)6-12(22)14(13)16(24)9-2-4-10(20)5-3-9/h2-8,15,17-23,25-26H,1H3/t8-,15-,17+,18-,19-/m1/s1. The lowest BCUT2D eigenvalue weighted by Gasteiger charge is -2.39. The second-order valence-electron chi connectivity index (χ2n) is 6.51. The van der Waals surface area contributed by atoms with Crippen molar-refractivity contribution < 1.29 is 44.9 Å². The van der Waals surface area contributed by atoms with E-state index in [0.717, 1.165) is 12.1 Å². The molecule has 150 valence electrons. The van der Waals surface area contributed by atoms with Crippen LogP contribution in [0.5, 0.6) is 23.0 Å². The van der Waals surface area contributed by atoms with Crippen LogP contribution >= 0.6 is 0 Å². The number of phenols is 3. The molecule has 1 heterocycles. The van der Waals surface area contributed by atoms with Gasteiger partial charge in [-0.1, -0.05) is 0 Å². The minimum absolute atomic E-state index is 0.0526. The molecule has 1 aliphatic rings. The van der Waals surface area contributed by atoms with Gasteiger partial charge in [0, 0.05) is 17.7 Å². The van der Waals surface area contributed by atoms with E-state index in [0.29, 0.717) is 0 Å². The summed E-state index contributed by atoms with van der Waals surface area (Å²) in [6.07, 6.45) is -6.90. The molecule has 28 heavy (non-hydrogen) atoms. The number of aromatic hydroxyl groups is 3. The van der Waals surface area contributed by atoms with Gasteiger partial charge >= 0.3 is 0 Å². The van der Waals surface area contributed by atoms with Crippen molar-refractivity contribution >= 4 is 5.78 Å². The minimum atomic E-state index is -1.65. The van der Waals surface area contributed by atoms with Crippen molar-refractivity contribution in [3.8, 4) is 23.0 Å². The smallest absolute Gasteiger partial charge is 0.229 e. The highest BCUT2D eigenvalue weighted by atomic mass is 16.7. The Kier molecular flexibility index (Phi) is 5.43. The summed E-state index contributed by atoms with van der Waals surface area (Å²) in [5.74, 6) is -2.01. The molecule has 1 aliphatic heterocycles. The Morgan fingerprint density at radius 3 is 2.21 bits per heavy atom. The molecule has 0 radical (unpaired) electrons. The van der Waals surface area contributed by atoms with E-state index in [1.807, 2.05) is 0 Å². The fourth-order valence-corrected chi connectivity index (χ4v) is 2.90. The highest BCUT2D eigenvalue weighted by molar-refractivity contribution is 6.12. The molecule has 9 heteroatoms. The molecule has 6 N–H and O–H groups in total. The van der Waals surface area contributed by atoms with Gasteiger partial charge in [0.15, 0.2) is 0 Å². The van der Waals surface area contributed by atoms with E-state index in [4.69, 9.17) is 9.47 Å². The largest absolute Gasteiger partial charge is 0.508 e. The molecule has 2 aromatic carbocycles. The molecule has 0 saturated carbocycles. The van der Waals surface area contributed by atoms with Crippen molar-refractivity contribution in [1.82, 2.24) is 0 Å². The molecule has 2 aromatic rings. The maximum Gasteiger partial charge on any atom is 0.229 e. The van der Waals surface area contributed by atoms with Gasteiger partial charge in [-0.3, -0.25) is 4.79 Å².